The van der Waals surface area contributed by atoms with Crippen molar-refractivity contribution in [3.63, 3.8) is 0 Å². The first-order chi connectivity index (χ1) is 17.0. The highest BCUT2D eigenvalue weighted by Crippen LogP contribution is 2.44. The molecular weight excluding hydrogens is 452 g/mol. The predicted molar refractivity (Wildman–Crippen MR) is 124 cm³/mol. The number of aromatic amines is 1. The highest BCUT2D eigenvalue weighted by atomic mass is 16.5. The zero-order valence-corrected chi connectivity index (χ0v) is 19.3. The largest absolute Gasteiger partial charge is 0.485 e. The number of morpholine rings is 1. The zero-order valence-electron chi connectivity index (χ0n) is 19.3. The van der Waals surface area contributed by atoms with Crippen LogP contribution in [0.2, 0.25) is 0 Å². The molecule has 6 heterocycles. The Morgan fingerprint density at radius 3 is 3.00 bits per heavy atom. The van der Waals surface area contributed by atoms with Gasteiger partial charge in [0.2, 0.25) is 0 Å². The van der Waals surface area contributed by atoms with Crippen molar-refractivity contribution in [1.82, 2.24) is 34.9 Å². The van der Waals surface area contributed by atoms with Crippen LogP contribution < -0.4 is 9.64 Å². The molecule has 0 amide bonds. The van der Waals surface area contributed by atoms with Gasteiger partial charge in [-0.2, -0.15) is 0 Å². The standard InChI is InChI=1S/C23H24N8O4/c1-3-23-11-34-10-13(2)31(23)21-18(35-12-23)16(8-30-9-17(22(32)33)28-29-30)26-20(27-21)15-5-7-25-19-14(15)4-6-24-19/h4-7,9,13H,3,8,10-12H2,1-2H3,(H,24,25)(H,32,33)/t13-,23+/m1/s1. The number of carboxylic acid groups (broad SMARTS) is 1. The molecule has 2 aliphatic heterocycles. The van der Waals surface area contributed by atoms with Crippen molar-refractivity contribution in [2.45, 2.75) is 38.4 Å². The molecule has 1 fully saturated rings. The minimum atomic E-state index is -1.14. The lowest BCUT2D eigenvalue weighted by Gasteiger charge is -2.53. The number of ether oxygens (including phenoxy) is 2. The van der Waals surface area contributed by atoms with Crippen LogP contribution in [0.1, 0.15) is 36.5 Å². The van der Waals surface area contributed by atoms with Gasteiger partial charge in [0.25, 0.3) is 0 Å². The van der Waals surface area contributed by atoms with Gasteiger partial charge >= 0.3 is 5.97 Å². The topological polar surface area (TPSA) is 144 Å². The Morgan fingerprint density at radius 1 is 1.31 bits per heavy atom. The van der Waals surface area contributed by atoms with Gasteiger partial charge < -0.3 is 24.5 Å². The maximum absolute atomic E-state index is 11.3. The van der Waals surface area contributed by atoms with Gasteiger partial charge in [-0.15, -0.1) is 5.10 Å². The van der Waals surface area contributed by atoms with E-state index in [0.717, 1.165) is 23.0 Å². The third-order valence-electron chi connectivity index (χ3n) is 6.74. The molecule has 12 nitrogen and oxygen atoms in total. The van der Waals surface area contributed by atoms with Gasteiger partial charge in [0.15, 0.2) is 23.1 Å². The third-order valence-corrected chi connectivity index (χ3v) is 6.74. The fraction of sp³-hybridized carbons (Fsp3) is 0.391. The Labute approximate surface area is 199 Å². The molecule has 1 saturated heterocycles. The molecule has 2 N–H and O–H groups in total. The molecule has 12 heteroatoms. The van der Waals surface area contributed by atoms with Crippen LogP contribution in [0.4, 0.5) is 5.82 Å². The number of carboxylic acids is 1. The molecule has 35 heavy (non-hydrogen) atoms. The summed E-state index contributed by atoms with van der Waals surface area (Å²) in [5.41, 5.74) is 1.70. The van der Waals surface area contributed by atoms with Crippen LogP contribution in [0.3, 0.4) is 0 Å². The number of hydrogen-bond acceptors (Lipinski definition) is 9. The number of nitrogens with one attached hydrogen (secondary N) is 1. The van der Waals surface area contributed by atoms with Crippen molar-refractivity contribution in [3.8, 4) is 17.1 Å². The number of fused-ring (bicyclic) bond motifs is 4. The van der Waals surface area contributed by atoms with E-state index in [-0.39, 0.29) is 23.8 Å². The highest BCUT2D eigenvalue weighted by molar-refractivity contribution is 5.91. The van der Waals surface area contributed by atoms with E-state index in [4.69, 9.17) is 19.4 Å². The smallest absolute Gasteiger partial charge is 0.358 e. The molecule has 0 bridgehead atoms. The number of pyridine rings is 1. The maximum Gasteiger partial charge on any atom is 0.358 e. The minimum Gasteiger partial charge on any atom is -0.485 e. The lowest BCUT2D eigenvalue weighted by molar-refractivity contribution is -0.00252. The average Bonchev–Trinajstić information content (AvgIpc) is 3.53. The molecule has 0 radical (unpaired) electrons. The van der Waals surface area contributed by atoms with E-state index in [1.807, 2.05) is 18.3 Å². The number of aromatic nitrogens is 7. The molecule has 180 valence electrons. The molecule has 0 aliphatic carbocycles. The van der Waals surface area contributed by atoms with E-state index in [0.29, 0.717) is 42.9 Å². The molecule has 0 unspecified atom stereocenters. The Balaban J connectivity index is 1.54. The van der Waals surface area contributed by atoms with E-state index in [2.05, 4.69) is 39.0 Å². The third kappa shape index (κ3) is 3.40. The van der Waals surface area contributed by atoms with Crippen LogP contribution >= 0.6 is 0 Å². The molecule has 4 aromatic rings. The molecule has 2 atom stereocenters. The summed E-state index contributed by atoms with van der Waals surface area (Å²) in [7, 11) is 0. The van der Waals surface area contributed by atoms with Crippen molar-refractivity contribution in [2.24, 2.45) is 0 Å². The second kappa shape index (κ2) is 8.01. The van der Waals surface area contributed by atoms with Crippen LogP contribution in [0.25, 0.3) is 22.4 Å². The van der Waals surface area contributed by atoms with E-state index in [1.54, 1.807) is 6.20 Å². The first kappa shape index (κ1) is 21.5. The second-order valence-electron chi connectivity index (χ2n) is 8.95. The van der Waals surface area contributed by atoms with E-state index < -0.39 is 5.97 Å². The average molecular weight is 476 g/mol. The number of anilines is 1. The van der Waals surface area contributed by atoms with Crippen molar-refractivity contribution >= 4 is 22.8 Å². The Hall–Kier alpha value is -4.06. The Bertz CT molecular complexity index is 1430. The first-order valence-electron chi connectivity index (χ1n) is 11.5. The lowest BCUT2D eigenvalue weighted by Crippen LogP contribution is -2.65. The van der Waals surface area contributed by atoms with Crippen LogP contribution in [-0.4, -0.2) is 77.4 Å². The molecular formula is C23H24N8O4. The summed E-state index contributed by atoms with van der Waals surface area (Å²) in [6.45, 7) is 5.99. The number of carbonyl (C=O) groups is 1. The number of H-pyrrole nitrogens is 1. The Kier molecular flexibility index (Phi) is 4.92. The van der Waals surface area contributed by atoms with Crippen molar-refractivity contribution < 1.29 is 19.4 Å². The van der Waals surface area contributed by atoms with Gasteiger partial charge in [0.1, 0.15) is 17.9 Å². The molecule has 0 aromatic carbocycles. The number of nitrogens with zero attached hydrogens (tertiary/aromatic N) is 7. The summed E-state index contributed by atoms with van der Waals surface area (Å²) in [4.78, 5) is 31.0. The summed E-state index contributed by atoms with van der Waals surface area (Å²) in [5.74, 6) is 0.657. The van der Waals surface area contributed by atoms with Gasteiger partial charge in [-0.25, -0.2) is 24.4 Å². The van der Waals surface area contributed by atoms with Gasteiger partial charge in [0.05, 0.1) is 37.5 Å². The predicted octanol–water partition coefficient (Wildman–Crippen LogP) is 2.12. The molecule has 0 spiro atoms. The van der Waals surface area contributed by atoms with Crippen molar-refractivity contribution in [1.29, 1.82) is 0 Å². The van der Waals surface area contributed by atoms with Crippen LogP contribution in [-0.2, 0) is 11.3 Å². The van der Waals surface area contributed by atoms with E-state index in [9.17, 15) is 9.90 Å². The summed E-state index contributed by atoms with van der Waals surface area (Å²) in [5, 5.41) is 17.9. The normalized spacial score (nSPS) is 21.4. The van der Waals surface area contributed by atoms with E-state index >= 15 is 0 Å². The maximum atomic E-state index is 11.3. The van der Waals surface area contributed by atoms with Gasteiger partial charge in [-0.3, -0.25) is 0 Å². The first-order valence-corrected chi connectivity index (χ1v) is 11.5. The summed E-state index contributed by atoms with van der Waals surface area (Å²) < 4.78 is 13.7. The van der Waals surface area contributed by atoms with Crippen LogP contribution in [0, 0.1) is 0 Å². The Morgan fingerprint density at radius 2 is 2.20 bits per heavy atom. The van der Waals surface area contributed by atoms with Gasteiger partial charge in [0, 0.05) is 23.3 Å². The SMILES string of the molecule is CC[C@@]12COC[C@@H](C)N1c1nc(-c3ccnc4[nH]ccc34)nc(Cn3cc(C(=O)O)nn3)c1OC2. The highest BCUT2D eigenvalue weighted by Gasteiger charge is 2.48. The monoisotopic (exact) mass is 476 g/mol. The van der Waals surface area contributed by atoms with Crippen molar-refractivity contribution in [3.05, 3.63) is 42.1 Å². The second-order valence-corrected chi connectivity index (χ2v) is 8.95. The van der Waals surface area contributed by atoms with E-state index in [1.165, 1.54) is 10.9 Å². The summed E-state index contributed by atoms with van der Waals surface area (Å²) in [6, 6.07) is 3.91. The lowest BCUT2D eigenvalue weighted by atomic mass is 9.90. The number of rotatable bonds is 5. The minimum absolute atomic E-state index is 0.0802. The summed E-state index contributed by atoms with van der Waals surface area (Å²) in [6.07, 6.45) is 5.76. The van der Waals surface area contributed by atoms with Gasteiger partial charge in [-0.05, 0) is 25.5 Å². The summed E-state index contributed by atoms with van der Waals surface area (Å²) >= 11 is 0. The number of aromatic carboxylic acids is 1. The van der Waals surface area contributed by atoms with Gasteiger partial charge in [-0.1, -0.05) is 12.1 Å². The quantitative estimate of drug-likeness (QED) is 0.439. The van der Waals surface area contributed by atoms with Crippen molar-refractivity contribution in [2.75, 3.05) is 24.7 Å². The van der Waals surface area contributed by atoms with Crippen LogP contribution in [0.5, 0.6) is 5.75 Å². The number of hydrogen-bond donors (Lipinski definition) is 2. The molecule has 4 aromatic heterocycles. The van der Waals surface area contributed by atoms with Crippen LogP contribution in [0.15, 0.2) is 30.7 Å². The fourth-order valence-corrected chi connectivity index (χ4v) is 4.96. The fourth-order valence-electron chi connectivity index (χ4n) is 4.96. The molecule has 2 aliphatic rings. The zero-order chi connectivity index (χ0) is 24.2. The molecule has 6 rings (SSSR count). The molecule has 0 saturated carbocycles.